The van der Waals surface area contributed by atoms with Gasteiger partial charge in [-0.25, -0.2) is 13.2 Å². The van der Waals surface area contributed by atoms with Crippen molar-refractivity contribution in [3.8, 4) is 0 Å². The van der Waals surface area contributed by atoms with Crippen LogP contribution in [-0.4, -0.2) is 63.7 Å². The summed E-state index contributed by atoms with van der Waals surface area (Å²) in [4.78, 5) is 16.6. The lowest BCUT2D eigenvalue weighted by molar-refractivity contribution is 0.217. The van der Waals surface area contributed by atoms with Crippen molar-refractivity contribution >= 4 is 21.6 Å². The first-order chi connectivity index (χ1) is 11.8. The molecule has 0 spiro atoms. The molecule has 0 unspecified atom stereocenters. The topological polar surface area (TPSA) is 69.7 Å². The highest BCUT2D eigenvalue weighted by Crippen LogP contribution is 2.19. The molecule has 6 nitrogen and oxygen atoms in total. The molecule has 1 aliphatic heterocycles. The van der Waals surface area contributed by atoms with Gasteiger partial charge in [0.05, 0.1) is 5.75 Å². The van der Waals surface area contributed by atoms with E-state index in [4.69, 9.17) is 0 Å². The monoisotopic (exact) mass is 367 g/mol. The summed E-state index contributed by atoms with van der Waals surface area (Å²) in [5.41, 5.74) is 1.32. The number of nitrogens with zero attached hydrogens (tertiary/aromatic N) is 2. The number of carbonyl (C=O) groups is 1. The number of sulfone groups is 1. The Labute approximate surface area is 151 Å². The molecule has 1 heterocycles. The predicted octanol–water partition coefficient (Wildman–Crippen LogP) is 2.43. The quantitative estimate of drug-likeness (QED) is 0.803. The van der Waals surface area contributed by atoms with E-state index in [-0.39, 0.29) is 11.8 Å². The molecule has 1 atom stereocenters. The SMILES string of the molecule is CCCN(C)C[C@H]1CCN(C(=O)Nc2cccc(CS(C)(=O)=O)c2)C1. The molecule has 25 heavy (non-hydrogen) atoms. The number of urea groups is 1. The van der Waals surface area contributed by atoms with Gasteiger partial charge in [-0.2, -0.15) is 0 Å². The van der Waals surface area contributed by atoms with Crippen LogP contribution in [-0.2, 0) is 15.6 Å². The fraction of sp³-hybridized carbons (Fsp3) is 0.611. The summed E-state index contributed by atoms with van der Waals surface area (Å²) in [5, 5.41) is 2.89. The van der Waals surface area contributed by atoms with Crippen molar-refractivity contribution < 1.29 is 13.2 Å². The number of likely N-dealkylation sites (tertiary alicyclic amines) is 1. The van der Waals surface area contributed by atoms with Gasteiger partial charge in [0.2, 0.25) is 0 Å². The molecule has 0 aromatic heterocycles. The van der Waals surface area contributed by atoms with Gasteiger partial charge in [0.15, 0.2) is 9.84 Å². The van der Waals surface area contributed by atoms with E-state index in [0.717, 1.165) is 39.0 Å². The molecule has 2 amide bonds. The average molecular weight is 368 g/mol. The van der Waals surface area contributed by atoms with E-state index < -0.39 is 9.84 Å². The molecule has 1 aromatic carbocycles. The van der Waals surface area contributed by atoms with Crippen LogP contribution in [0.5, 0.6) is 0 Å². The first kappa shape index (κ1) is 19.7. The number of nitrogens with one attached hydrogen (secondary N) is 1. The Bertz CT molecular complexity index is 691. The molecule has 0 bridgehead atoms. The van der Waals surface area contributed by atoms with Gasteiger partial charge < -0.3 is 15.1 Å². The summed E-state index contributed by atoms with van der Waals surface area (Å²) in [6.07, 6.45) is 3.37. The minimum atomic E-state index is -3.09. The van der Waals surface area contributed by atoms with E-state index in [9.17, 15) is 13.2 Å². The Balaban J connectivity index is 1.89. The fourth-order valence-corrected chi connectivity index (χ4v) is 4.11. The van der Waals surface area contributed by atoms with Crippen molar-refractivity contribution in [2.75, 3.05) is 44.8 Å². The Morgan fingerprint density at radius 2 is 2.16 bits per heavy atom. The molecule has 1 aromatic rings. The van der Waals surface area contributed by atoms with Gasteiger partial charge in [0.25, 0.3) is 0 Å². The number of rotatable bonds is 7. The smallest absolute Gasteiger partial charge is 0.321 e. The van der Waals surface area contributed by atoms with Gasteiger partial charge in [0, 0.05) is 31.6 Å². The molecule has 7 heteroatoms. The zero-order valence-corrected chi connectivity index (χ0v) is 16.2. The summed E-state index contributed by atoms with van der Waals surface area (Å²) >= 11 is 0. The Kier molecular flexibility index (Phi) is 6.84. The normalized spacial score (nSPS) is 17.9. The summed E-state index contributed by atoms with van der Waals surface area (Å²) in [7, 11) is -0.965. The number of anilines is 1. The summed E-state index contributed by atoms with van der Waals surface area (Å²) in [5.74, 6) is 0.491. The first-order valence-corrected chi connectivity index (χ1v) is 10.8. The van der Waals surface area contributed by atoms with Gasteiger partial charge >= 0.3 is 6.03 Å². The predicted molar refractivity (Wildman–Crippen MR) is 101 cm³/mol. The van der Waals surface area contributed by atoms with Gasteiger partial charge in [0.1, 0.15) is 0 Å². The molecule has 1 aliphatic rings. The molecule has 0 radical (unpaired) electrons. The van der Waals surface area contributed by atoms with E-state index in [1.165, 1.54) is 6.26 Å². The van der Waals surface area contributed by atoms with Crippen molar-refractivity contribution in [3.63, 3.8) is 0 Å². The van der Waals surface area contributed by atoms with Crippen LogP contribution in [0.3, 0.4) is 0 Å². The number of benzene rings is 1. The number of carbonyl (C=O) groups excluding carboxylic acids is 1. The maximum Gasteiger partial charge on any atom is 0.321 e. The molecule has 2 rings (SSSR count). The highest BCUT2D eigenvalue weighted by molar-refractivity contribution is 7.89. The van der Waals surface area contributed by atoms with Crippen LogP contribution in [0.25, 0.3) is 0 Å². The minimum absolute atomic E-state index is 0.0216. The fourth-order valence-electron chi connectivity index (χ4n) is 3.32. The van der Waals surface area contributed by atoms with Gasteiger partial charge in [-0.15, -0.1) is 0 Å². The number of hydrogen-bond acceptors (Lipinski definition) is 4. The lowest BCUT2D eigenvalue weighted by Gasteiger charge is -2.21. The second-order valence-corrected chi connectivity index (χ2v) is 9.20. The molecule has 1 saturated heterocycles. The van der Waals surface area contributed by atoms with Crippen molar-refractivity contribution in [1.82, 2.24) is 9.80 Å². The summed E-state index contributed by atoms with van der Waals surface area (Å²) in [6, 6.07) is 6.92. The van der Waals surface area contributed by atoms with Crippen molar-refractivity contribution in [3.05, 3.63) is 29.8 Å². The van der Waals surface area contributed by atoms with Crippen LogP contribution in [0.15, 0.2) is 24.3 Å². The third-order valence-corrected chi connectivity index (χ3v) is 5.21. The lowest BCUT2D eigenvalue weighted by atomic mass is 10.1. The highest BCUT2D eigenvalue weighted by Gasteiger charge is 2.27. The largest absolute Gasteiger partial charge is 0.324 e. The van der Waals surface area contributed by atoms with E-state index in [2.05, 4.69) is 24.2 Å². The van der Waals surface area contributed by atoms with Gasteiger partial charge in [-0.1, -0.05) is 19.1 Å². The Morgan fingerprint density at radius 3 is 2.84 bits per heavy atom. The van der Waals surface area contributed by atoms with Crippen molar-refractivity contribution in [2.24, 2.45) is 5.92 Å². The van der Waals surface area contributed by atoms with Crippen LogP contribution < -0.4 is 5.32 Å². The highest BCUT2D eigenvalue weighted by atomic mass is 32.2. The molecule has 0 aliphatic carbocycles. The second-order valence-electron chi connectivity index (χ2n) is 7.06. The number of hydrogen-bond donors (Lipinski definition) is 1. The third-order valence-electron chi connectivity index (χ3n) is 4.36. The molecule has 140 valence electrons. The third kappa shape index (κ3) is 6.66. The van der Waals surface area contributed by atoms with Gasteiger partial charge in [-0.05, 0) is 50.0 Å². The van der Waals surface area contributed by atoms with Gasteiger partial charge in [-0.3, -0.25) is 0 Å². The van der Waals surface area contributed by atoms with Crippen LogP contribution in [0.2, 0.25) is 0 Å². The molecule has 1 fully saturated rings. The molecule has 1 N–H and O–H groups in total. The Hall–Kier alpha value is -1.60. The molecular formula is C18H29N3O3S. The average Bonchev–Trinajstić information content (AvgIpc) is 2.94. The van der Waals surface area contributed by atoms with Crippen molar-refractivity contribution in [2.45, 2.75) is 25.5 Å². The molecular weight excluding hydrogens is 338 g/mol. The molecule has 0 saturated carbocycles. The maximum absolute atomic E-state index is 12.5. The van der Waals surface area contributed by atoms with E-state index in [1.807, 2.05) is 4.90 Å². The van der Waals surface area contributed by atoms with E-state index >= 15 is 0 Å². The number of amides is 2. The zero-order chi connectivity index (χ0) is 18.4. The van der Waals surface area contributed by atoms with E-state index in [1.54, 1.807) is 24.3 Å². The maximum atomic E-state index is 12.5. The van der Waals surface area contributed by atoms with Crippen molar-refractivity contribution in [1.29, 1.82) is 0 Å². The van der Waals surface area contributed by atoms with Crippen LogP contribution in [0.1, 0.15) is 25.3 Å². The van der Waals surface area contributed by atoms with Crippen LogP contribution in [0, 0.1) is 5.92 Å². The first-order valence-electron chi connectivity index (χ1n) is 8.78. The van der Waals surface area contributed by atoms with Crippen LogP contribution in [0.4, 0.5) is 10.5 Å². The summed E-state index contributed by atoms with van der Waals surface area (Å²) in [6.45, 7) is 5.79. The second kappa shape index (κ2) is 8.67. The minimum Gasteiger partial charge on any atom is -0.324 e. The summed E-state index contributed by atoms with van der Waals surface area (Å²) < 4.78 is 22.8. The van der Waals surface area contributed by atoms with E-state index in [0.29, 0.717) is 17.2 Å². The standard InChI is InChI=1S/C18H29N3O3S/c1-4-9-20(2)12-16-8-10-21(13-16)18(22)19-17-7-5-6-15(11-17)14-25(3,23)24/h5-7,11,16H,4,8-10,12-14H2,1-3H3,(H,19,22)/t16-/m1/s1. The Morgan fingerprint density at radius 1 is 1.40 bits per heavy atom. The van der Waals surface area contributed by atoms with Crippen LogP contribution >= 0.6 is 0 Å². The lowest BCUT2D eigenvalue weighted by Crippen LogP contribution is -2.34. The zero-order valence-electron chi connectivity index (χ0n) is 15.4.